The van der Waals surface area contributed by atoms with Crippen molar-refractivity contribution in [3.8, 4) is 5.75 Å². The Morgan fingerprint density at radius 1 is 1.11 bits per heavy atom. The van der Waals surface area contributed by atoms with Gasteiger partial charge in [0.2, 0.25) is 0 Å². The SMILES string of the molecule is O[C@H]1C[C@H](c2ccccc2)Oc2cc(Br)ccc21. The molecule has 92 valence electrons. The number of fused-ring (bicyclic) bond motifs is 1. The monoisotopic (exact) mass is 304 g/mol. The Morgan fingerprint density at radius 3 is 2.67 bits per heavy atom. The first-order valence-corrected chi connectivity index (χ1v) is 6.72. The highest BCUT2D eigenvalue weighted by Gasteiger charge is 2.27. The fraction of sp³-hybridized carbons (Fsp3) is 0.200. The van der Waals surface area contributed by atoms with E-state index in [1.807, 2.05) is 48.5 Å². The van der Waals surface area contributed by atoms with Crippen molar-refractivity contribution in [2.24, 2.45) is 0 Å². The van der Waals surface area contributed by atoms with Crippen molar-refractivity contribution in [3.05, 3.63) is 64.1 Å². The van der Waals surface area contributed by atoms with Gasteiger partial charge < -0.3 is 9.84 Å². The third kappa shape index (κ3) is 2.16. The van der Waals surface area contributed by atoms with E-state index in [2.05, 4.69) is 15.9 Å². The van der Waals surface area contributed by atoms with E-state index in [0.29, 0.717) is 6.42 Å². The molecule has 0 saturated carbocycles. The predicted molar refractivity (Wildman–Crippen MR) is 73.5 cm³/mol. The highest BCUT2D eigenvalue weighted by molar-refractivity contribution is 9.10. The van der Waals surface area contributed by atoms with E-state index < -0.39 is 6.10 Å². The van der Waals surface area contributed by atoms with E-state index in [1.54, 1.807) is 0 Å². The normalized spacial score (nSPS) is 22.1. The van der Waals surface area contributed by atoms with Crippen LogP contribution in [0.1, 0.15) is 29.8 Å². The lowest BCUT2D eigenvalue weighted by Crippen LogP contribution is -2.18. The number of rotatable bonds is 1. The lowest BCUT2D eigenvalue weighted by molar-refractivity contribution is 0.0657. The Kier molecular flexibility index (Phi) is 3.10. The summed E-state index contributed by atoms with van der Waals surface area (Å²) in [6.45, 7) is 0. The summed E-state index contributed by atoms with van der Waals surface area (Å²) in [6.07, 6.45) is 0.0496. The number of benzene rings is 2. The van der Waals surface area contributed by atoms with Crippen LogP contribution >= 0.6 is 15.9 Å². The standard InChI is InChI=1S/C15H13BrO2/c16-11-6-7-12-13(17)9-14(18-15(12)8-11)10-4-2-1-3-5-10/h1-8,13-14,17H,9H2/t13-,14+/m0/s1. The maximum Gasteiger partial charge on any atom is 0.127 e. The van der Waals surface area contributed by atoms with Crippen molar-refractivity contribution in [3.63, 3.8) is 0 Å². The van der Waals surface area contributed by atoms with Crippen molar-refractivity contribution in [2.45, 2.75) is 18.6 Å². The van der Waals surface area contributed by atoms with Gasteiger partial charge in [0.25, 0.3) is 0 Å². The Hall–Kier alpha value is -1.32. The van der Waals surface area contributed by atoms with Gasteiger partial charge in [0.05, 0.1) is 6.10 Å². The van der Waals surface area contributed by atoms with Gasteiger partial charge in [0, 0.05) is 16.5 Å². The minimum Gasteiger partial charge on any atom is -0.485 e. The van der Waals surface area contributed by atoms with Crippen LogP contribution in [0, 0.1) is 0 Å². The molecule has 1 heterocycles. The van der Waals surface area contributed by atoms with Crippen LogP contribution in [0.15, 0.2) is 53.0 Å². The van der Waals surface area contributed by atoms with Gasteiger partial charge in [-0.15, -0.1) is 0 Å². The molecule has 0 fully saturated rings. The summed E-state index contributed by atoms with van der Waals surface area (Å²) in [4.78, 5) is 0. The Balaban J connectivity index is 1.96. The Bertz CT molecular complexity index is 554. The van der Waals surface area contributed by atoms with Crippen molar-refractivity contribution in [1.82, 2.24) is 0 Å². The van der Waals surface area contributed by atoms with Gasteiger partial charge in [-0.1, -0.05) is 52.3 Å². The fourth-order valence-electron chi connectivity index (χ4n) is 2.29. The number of hydrogen-bond acceptors (Lipinski definition) is 2. The predicted octanol–water partition coefficient (Wildman–Crippen LogP) is 4.01. The highest BCUT2D eigenvalue weighted by Crippen LogP contribution is 2.41. The van der Waals surface area contributed by atoms with Gasteiger partial charge in [0.1, 0.15) is 11.9 Å². The summed E-state index contributed by atoms with van der Waals surface area (Å²) < 4.78 is 6.94. The quantitative estimate of drug-likeness (QED) is 0.862. The molecule has 2 atom stereocenters. The van der Waals surface area contributed by atoms with E-state index in [-0.39, 0.29) is 6.10 Å². The first kappa shape index (κ1) is 11.8. The summed E-state index contributed by atoms with van der Waals surface area (Å²) in [5.41, 5.74) is 1.97. The fourth-order valence-corrected chi connectivity index (χ4v) is 2.63. The molecule has 0 saturated heterocycles. The number of ether oxygens (including phenoxy) is 1. The van der Waals surface area contributed by atoms with Gasteiger partial charge in [-0.05, 0) is 17.7 Å². The topological polar surface area (TPSA) is 29.5 Å². The summed E-state index contributed by atoms with van der Waals surface area (Å²) in [5.74, 6) is 0.761. The second-order valence-corrected chi connectivity index (χ2v) is 5.37. The van der Waals surface area contributed by atoms with Gasteiger partial charge in [0.15, 0.2) is 0 Å². The van der Waals surface area contributed by atoms with Crippen LogP contribution in [0.4, 0.5) is 0 Å². The van der Waals surface area contributed by atoms with Crippen LogP contribution in [0.5, 0.6) is 5.75 Å². The molecule has 1 N–H and O–H groups in total. The lowest BCUT2D eigenvalue weighted by atomic mass is 9.95. The van der Waals surface area contributed by atoms with Crippen LogP contribution in [0.3, 0.4) is 0 Å². The van der Waals surface area contributed by atoms with Crippen LogP contribution in [0.25, 0.3) is 0 Å². The zero-order valence-corrected chi connectivity index (χ0v) is 11.3. The third-order valence-electron chi connectivity index (χ3n) is 3.21. The molecule has 2 nitrogen and oxygen atoms in total. The second-order valence-electron chi connectivity index (χ2n) is 4.45. The minimum atomic E-state index is -0.466. The summed E-state index contributed by atoms with van der Waals surface area (Å²) >= 11 is 3.42. The van der Waals surface area contributed by atoms with Crippen molar-refractivity contribution < 1.29 is 9.84 Å². The number of aliphatic hydroxyl groups excluding tert-OH is 1. The molecule has 1 aliphatic heterocycles. The molecular formula is C15H13BrO2. The maximum absolute atomic E-state index is 10.2. The van der Waals surface area contributed by atoms with E-state index in [0.717, 1.165) is 21.3 Å². The largest absolute Gasteiger partial charge is 0.485 e. The van der Waals surface area contributed by atoms with Crippen molar-refractivity contribution in [1.29, 1.82) is 0 Å². The van der Waals surface area contributed by atoms with E-state index in [4.69, 9.17) is 4.74 Å². The molecule has 0 aliphatic carbocycles. The number of halogens is 1. The van der Waals surface area contributed by atoms with Crippen LogP contribution in [0.2, 0.25) is 0 Å². The molecule has 2 aromatic carbocycles. The van der Waals surface area contributed by atoms with Gasteiger partial charge in [-0.2, -0.15) is 0 Å². The Morgan fingerprint density at radius 2 is 1.89 bits per heavy atom. The molecule has 18 heavy (non-hydrogen) atoms. The van der Waals surface area contributed by atoms with Crippen LogP contribution in [-0.4, -0.2) is 5.11 Å². The Labute approximate surface area is 114 Å². The molecule has 1 aliphatic rings. The molecule has 0 bridgehead atoms. The summed E-state index contributed by atoms with van der Waals surface area (Å²) in [6, 6.07) is 15.8. The first-order valence-electron chi connectivity index (χ1n) is 5.93. The third-order valence-corrected chi connectivity index (χ3v) is 3.71. The molecule has 0 unspecified atom stereocenters. The van der Waals surface area contributed by atoms with E-state index in [1.165, 1.54) is 0 Å². The molecular weight excluding hydrogens is 292 g/mol. The number of hydrogen-bond donors (Lipinski definition) is 1. The number of aliphatic hydroxyl groups is 1. The summed E-state index contributed by atoms with van der Waals surface area (Å²) in [7, 11) is 0. The molecule has 3 rings (SSSR count). The van der Waals surface area contributed by atoms with E-state index in [9.17, 15) is 5.11 Å². The van der Waals surface area contributed by atoms with E-state index >= 15 is 0 Å². The molecule has 0 radical (unpaired) electrons. The van der Waals surface area contributed by atoms with Crippen LogP contribution in [-0.2, 0) is 0 Å². The zero-order valence-electron chi connectivity index (χ0n) is 9.71. The smallest absolute Gasteiger partial charge is 0.127 e. The second kappa shape index (κ2) is 4.75. The molecule has 0 spiro atoms. The molecule has 2 aromatic rings. The summed E-state index contributed by atoms with van der Waals surface area (Å²) in [5, 5.41) is 10.2. The van der Waals surface area contributed by atoms with Crippen LogP contribution < -0.4 is 4.74 Å². The van der Waals surface area contributed by atoms with Gasteiger partial charge >= 0.3 is 0 Å². The van der Waals surface area contributed by atoms with Crippen molar-refractivity contribution in [2.75, 3.05) is 0 Å². The molecule has 3 heteroatoms. The molecule has 0 amide bonds. The minimum absolute atomic E-state index is 0.0806. The average Bonchev–Trinajstić information content (AvgIpc) is 2.39. The molecule has 0 aromatic heterocycles. The highest BCUT2D eigenvalue weighted by atomic mass is 79.9. The van der Waals surface area contributed by atoms with Gasteiger partial charge in [-0.3, -0.25) is 0 Å². The first-order chi connectivity index (χ1) is 8.74. The van der Waals surface area contributed by atoms with Crippen molar-refractivity contribution >= 4 is 15.9 Å². The average molecular weight is 305 g/mol. The van der Waals surface area contributed by atoms with Gasteiger partial charge in [-0.25, -0.2) is 0 Å². The zero-order chi connectivity index (χ0) is 12.5. The maximum atomic E-state index is 10.2. The lowest BCUT2D eigenvalue weighted by Gasteiger charge is -2.30.